The Balaban J connectivity index is 1.02. The fraction of sp³-hybridized carbons (Fsp3) is 0. The van der Waals surface area contributed by atoms with Gasteiger partial charge in [0.1, 0.15) is 0 Å². The van der Waals surface area contributed by atoms with Gasteiger partial charge in [-0.1, -0.05) is 78.9 Å². The standard InChI is InChI=1S/C41H24N6/c1-6-36-33-23-30(25-8-10-26(11-9-25)32-22-31-15-14-27-4-2-20-42-38(27)40(31)44-24-32)17-18-34(33)46-47(36)37(7-1)35-19-16-29-13-12-28-5-3-21-43-39(28)41(29)45-35/h1-24H. The van der Waals surface area contributed by atoms with Crippen molar-refractivity contribution in [3.05, 3.63) is 146 Å². The summed E-state index contributed by atoms with van der Waals surface area (Å²) in [6, 6.07) is 44.3. The molecule has 218 valence electrons. The van der Waals surface area contributed by atoms with Crippen LogP contribution in [0.1, 0.15) is 0 Å². The molecular weight excluding hydrogens is 576 g/mol. The molecule has 0 atom stereocenters. The normalized spacial score (nSPS) is 11.8. The van der Waals surface area contributed by atoms with Crippen LogP contribution in [0.15, 0.2) is 146 Å². The number of hydrogen-bond donors (Lipinski definition) is 0. The summed E-state index contributed by atoms with van der Waals surface area (Å²) < 4.78 is 2.01. The number of fused-ring (bicyclic) bond motifs is 9. The third kappa shape index (κ3) is 4.09. The largest absolute Gasteiger partial charge is 0.254 e. The van der Waals surface area contributed by atoms with Crippen molar-refractivity contribution in [2.45, 2.75) is 0 Å². The summed E-state index contributed by atoms with van der Waals surface area (Å²) >= 11 is 0. The summed E-state index contributed by atoms with van der Waals surface area (Å²) in [5, 5.41) is 10.4. The highest BCUT2D eigenvalue weighted by atomic mass is 15.2. The average Bonchev–Trinajstić information content (AvgIpc) is 3.52. The minimum absolute atomic E-state index is 0.859. The van der Waals surface area contributed by atoms with Crippen molar-refractivity contribution < 1.29 is 0 Å². The number of aromatic nitrogens is 6. The zero-order chi connectivity index (χ0) is 30.9. The van der Waals surface area contributed by atoms with Crippen molar-refractivity contribution in [2.24, 2.45) is 0 Å². The average molecular weight is 601 g/mol. The van der Waals surface area contributed by atoms with Crippen LogP contribution < -0.4 is 0 Å². The molecule has 6 heteroatoms. The zero-order valence-electron chi connectivity index (χ0n) is 25.0. The van der Waals surface area contributed by atoms with E-state index in [1.165, 1.54) is 0 Å². The van der Waals surface area contributed by atoms with E-state index in [1.54, 1.807) is 0 Å². The van der Waals surface area contributed by atoms with Gasteiger partial charge in [0.15, 0.2) is 0 Å². The van der Waals surface area contributed by atoms with Crippen molar-refractivity contribution >= 4 is 60.0 Å². The van der Waals surface area contributed by atoms with Crippen molar-refractivity contribution in [2.75, 3.05) is 0 Å². The van der Waals surface area contributed by atoms with E-state index in [2.05, 4.69) is 125 Å². The highest BCUT2D eigenvalue weighted by Crippen LogP contribution is 2.33. The first kappa shape index (κ1) is 25.8. The Morgan fingerprint density at radius 3 is 1.87 bits per heavy atom. The summed E-state index contributed by atoms with van der Waals surface area (Å²) in [5.41, 5.74) is 11.9. The summed E-state index contributed by atoms with van der Waals surface area (Å²) in [7, 11) is 0. The summed E-state index contributed by atoms with van der Waals surface area (Å²) in [4.78, 5) is 19.1. The second kappa shape index (κ2) is 9.99. The molecule has 6 nitrogen and oxygen atoms in total. The van der Waals surface area contributed by atoms with Crippen LogP contribution in [0.25, 0.3) is 93.7 Å². The van der Waals surface area contributed by atoms with E-state index in [-0.39, 0.29) is 0 Å². The lowest BCUT2D eigenvalue weighted by molar-refractivity contribution is 0.984. The van der Waals surface area contributed by atoms with E-state index in [0.717, 1.165) is 93.7 Å². The quantitative estimate of drug-likeness (QED) is 0.189. The molecular formula is C41H24N6. The summed E-state index contributed by atoms with van der Waals surface area (Å²) in [6.07, 6.45) is 5.58. The fourth-order valence-electron chi connectivity index (χ4n) is 6.74. The Morgan fingerprint density at radius 1 is 0.447 bits per heavy atom. The van der Waals surface area contributed by atoms with Gasteiger partial charge < -0.3 is 0 Å². The van der Waals surface area contributed by atoms with E-state index in [1.807, 2.05) is 35.2 Å². The van der Waals surface area contributed by atoms with E-state index in [0.29, 0.717) is 0 Å². The highest BCUT2D eigenvalue weighted by Gasteiger charge is 2.14. The highest BCUT2D eigenvalue weighted by molar-refractivity contribution is 6.05. The van der Waals surface area contributed by atoms with Gasteiger partial charge in [-0.3, -0.25) is 15.0 Å². The third-order valence-electron chi connectivity index (χ3n) is 9.11. The lowest BCUT2D eigenvalue weighted by Gasteiger charge is -2.08. The molecule has 47 heavy (non-hydrogen) atoms. The Hall–Kier alpha value is -6.53. The van der Waals surface area contributed by atoms with Crippen molar-refractivity contribution in [1.29, 1.82) is 0 Å². The van der Waals surface area contributed by atoms with Crippen molar-refractivity contribution in [3.63, 3.8) is 0 Å². The van der Waals surface area contributed by atoms with Crippen LogP contribution in [0.2, 0.25) is 0 Å². The molecule has 6 aromatic heterocycles. The molecule has 0 radical (unpaired) electrons. The minimum atomic E-state index is 0.859. The molecule has 6 heterocycles. The maximum atomic E-state index is 5.09. The van der Waals surface area contributed by atoms with Gasteiger partial charge in [-0.15, -0.1) is 0 Å². The lowest BCUT2D eigenvalue weighted by Crippen LogP contribution is -1.96. The Bertz CT molecular complexity index is 2850. The molecule has 0 N–H and O–H groups in total. The van der Waals surface area contributed by atoms with Crippen molar-refractivity contribution in [1.82, 2.24) is 29.5 Å². The van der Waals surface area contributed by atoms with E-state index >= 15 is 0 Å². The van der Waals surface area contributed by atoms with Gasteiger partial charge >= 0.3 is 0 Å². The molecule has 0 aliphatic carbocycles. The molecule has 0 amide bonds. The monoisotopic (exact) mass is 600 g/mol. The number of benzene rings is 4. The molecule has 0 unspecified atom stereocenters. The zero-order valence-corrected chi connectivity index (χ0v) is 25.0. The second-order valence-corrected chi connectivity index (χ2v) is 11.9. The van der Waals surface area contributed by atoms with Gasteiger partial charge in [0.05, 0.1) is 44.5 Å². The summed E-state index contributed by atoms with van der Waals surface area (Å²) in [6.45, 7) is 0. The maximum absolute atomic E-state index is 5.09. The molecule has 4 aromatic carbocycles. The topological polar surface area (TPSA) is 68.9 Å². The van der Waals surface area contributed by atoms with Crippen LogP contribution in [0.4, 0.5) is 0 Å². The van der Waals surface area contributed by atoms with Gasteiger partial charge in [0.2, 0.25) is 0 Å². The van der Waals surface area contributed by atoms with E-state index in [4.69, 9.17) is 15.1 Å². The first-order valence-corrected chi connectivity index (χ1v) is 15.6. The third-order valence-corrected chi connectivity index (χ3v) is 9.11. The molecule has 0 fully saturated rings. The molecule has 0 aliphatic heterocycles. The minimum Gasteiger partial charge on any atom is -0.254 e. The number of hydrogen-bond acceptors (Lipinski definition) is 5. The SMILES string of the molecule is c1cnc2c(c1)ccc1cc(-c3ccc(-c4ccc5nn6c(-c7ccc8ccc9cccnc9c8n7)cccc6c5c4)cc3)cnc12. The number of pyridine rings is 5. The molecule has 10 aromatic rings. The van der Waals surface area contributed by atoms with Crippen molar-refractivity contribution in [3.8, 4) is 33.6 Å². The summed E-state index contributed by atoms with van der Waals surface area (Å²) in [5.74, 6) is 0. The Kier molecular flexibility index (Phi) is 5.48. The first-order chi connectivity index (χ1) is 23.3. The predicted octanol–water partition coefficient (Wildman–Crippen LogP) is 9.68. The number of rotatable bonds is 3. The predicted molar refractivity (Wildman–Crippen MR) is 190 cm³/mol. The van der Waals surface area contributed by atoms with Crippen LogP contribution in [0.3, 0.4) is 0 Å². The van der Waals surface area contributed by atoms with Gasteiger partial charge in [-0.2, -0.15) is 5.10 Å². The van der Waals surface area contributed by atoms with E-state index in [9.17, 15) is 0 Å². The molecule has 0 saturated heterocycles. The number of nitrogens with zero attached hydrogens (tertiary/aromatic N) is 6. The fourth-order valence-corrected chi connectivity index (χ4v) is 6.74. The molecule has 10 rings (SSSR count). The van der Waals surface area contributed by atoms with Gasteiger partial charge in [-0.25, -0.2) is 9.50 Å². The van der Waals surface area contributed by atoms with Crippen LogP contribution >= 0.6 is 0 Å². The smallest absolute Gasteiger partial charge is 0.0972 e. The molecule has 0 spiro atoms. The molecule has 0 bridgehead atoms. The Labute approximate surface area is 268 Å². The van der Waals surface area contributed by atoms with Gasteiger partial charge in [0, 0.05) is 51.1 Å². The first-order valence-electron chi connectivity index (χ1n) is 15.6. The van der Waals surface area contributed by atoms with Crippen LogP contribution in [0.5, 0.6) is 0 Å². The Morgan fingerprint density at radius 2 is 1.09 bits per heavy atom. The molecule has 0 saturated carbocycles. The maximum Gasteiger partial charge on any atom is 0.0972 e. The van der Waals surface area contributed by atoms with E-state index < -0.39 is 0 Å². The second-order valence-electron chi connectivity index (χ2n) is 11.9. The van der Waals surface area contributed by atoms with Crippen LogP contribution in [0, 0.1) is 0 Å². The lowest BCUT2D eigenvalue weighted by atomic mass is 9.99. The van der Waals surface area contributed by atoms with Gasteiger partial charge in [-0.05, 0) is 65.2 Å². The van der Waals surface area contributed by atoms with Gasteiger partial charge in [0.25, 0.3) is 0 Å². The molecule has 0 aliphatic rings. The van der Waals surface area contributed by atoms with Crippen LogP contribution in [-0.2, 0) is 0 Å². The van der Waals surface area contributed by atoms with Crippen LogP contribution in [-0.4, -0.2) is 29.5 Å².